The summed E-state index contributed by atoms with van der Waals surface area (Å²) in [7, 11) is 0. The molecule has 4 heteroatoms. The fraction of sp³-hybridized carbons (Fsp3) is 0.538. The van der Waals surface area contributed by atoms with E-state index >= 15 is 0 Å². The molecule has 0 aliphatic carbocycles. The zero-order valence-corrected chi connectivity index (χ0v) is 13.3. The lowest BCUT2D eigenvalue weighted by Gasteiger charge is -2.39. The lowest BCUT2D eigenvalue weighted by Crippen LogP contribution is -2.41. The smallest absolute Gasteiger partial charge is 0.0549 e. The highest BCUT2D eigenvalue weighted by atomic mass is 79.9. The van der Waals surface area contributed by atoms with Gasteiger partial charge >= 0.3 is 0 Å². The van der Waals surface area contributed by atoms with Gasteiger partial charge in [-0.2, -0.15) is 11.8 Å². The third-order valence-corrected chi connectivity index (χ3v) is 5.65. The van der Waals surface area contributed by atoms with Gasteiger partial charge in [0.25, 0.3) is 0 Å². The van der Waals surface area contributed by atoms with Crippen molar-refractivity contribution in [3.8, 4) is 0 Å². The summed E-state index contributed by atoms with van der Waals surface area (Å²) < 4.78 is 0.949. The van der Waals surface area contributed by atoms with Gasteiger partial charge in [0.1, 0.15) is 0 Å². The maximum absolute atomic E-state index is 6.00. The van der Waals surface area contributed by atoms with Crippen molar-refractivity contribution >= 4 is 45.0 Å². The van der Waals surface area contributed by atoms with Gasteiger partial charge in [0, 0.05) is 22.0 Å². The third-order valence-electron chi connectivity index (χ3n) is 3.38. The van der Waals surface area contributed by atoms with Crippen LogP contribution in [0.1, 0.15) is 20.3 Å². The molecule has 1 unspecified atom stereocenters. The molecule has 1 atom stereocenters. The summed E-state index contributed by atoms with van der Waals surface area (Å²) in [4.78, 5) is 0. The number of halogens is 2. The number of hydrogen-bond donors (Lipinski definition) is 1. The van der Waals surface area contributed by atoms with E-state index in [0.717, 1.165) is 15.2 Å². The lowest BCUT2D eigenvalue weighted by atomic mass is 9.82. The van der Waals surface area contributed by atoms with Crippen molar-refractivity contribution in [2.24, 2.45) is 5.41 Å². The topological polar surface area (TPSA) is 12.0 Å². The minimum absolute atomic E-state index is 0.358. The van der Waals surface area contributed by atoms with E-state index < -0.39 is 0 Å². The highest BCUT2D eigenvalue weighted by Gasteiger charge is 2.32. The molecule has 0 aromatic heterocycles. The standard InChI is InChI=1S/C13H17BrClNS/c1-13(2)5-6-17-8-12(13)16-9-3-4-11(15)10(14)7-9/h3-4,7,12,16H,5-6,8H2,1-2H3. The molecule has 0 saturated carbocycles. The molecule has 1 saturated heterocycles. The Hall–Kier alpha value is 0.140. The van der Waals surface area contributed by atoms with Gasteiger partial charge in [-0.3, -0.25) is 0 Å². The highest BCUT2D eigenvalue weighted by Crippen LogP contribution is 2.36. The number of nitrogens with one attached hydrogen (secondary N) is 1. The summed E-state index contributed by atoms with van der Waals surface area (Å²) >= 11 is 11.5. The first-order valence-corrected chi connectivity index (χ1v) is 8.11. The van der Waals surface area contributed by atoms with Gasteiger partial charge < -0.3 is 5.32 Å². The van der Waals surface area contributed by atoms with Gasteiger partial charge in [-0.05, 0) is 51.7 Å². The van der Waals surface area contributed by atoms with Gasteiger partial charge in [-0.1, -0.05) is 25.4 Å². The van der Waals surface area contributed by atoms with E-state index in [1.165, 1.54) is 17.9 Å². The summed E-state index contributed by atoms with van der Waals surface area (Å²) in [5.41, 5.74) is 1.50. The Morgan fingerprint density at radius 3 is 2.88 bits per heavy atom. The average molecular weight is 335 g/mol. The van der Waals surface area contributed by atoms with E-state index in [1.807, 2.05) is 23.9 Å². The number of thioether (sulfide) groups is 1. The van der Waals surface area contributed by atoms with Gasteiger partial charge in [0.05, 0.1) is 5.02 Å². The predicted molar refractivity (Wildman–Crippen MR) is 82.3 cm³/mol. The van der Waals surface area contributed by atoms with Crippen LogP contribution in [0.4, 0.5) is 5.69 Å². The quantitative estimate of drug-likeness (QED) is 0.812. The molecule has 1 N–H and O–H groups in total. The Morgan fingerprint density at radius 2 is 2.24 bits per heavy atom. The normalized spacial score (nSPS) is 23.4. The third kappa shape index (κ3) is 3.33. The molecular weight excluding hydrogens is 318 g/mol. The fourth-order valence-electron chi connectivity index (χ4n) is 1.96. The van der Waals surface area contributed by atoms with Crippen molar-refractivity contribution < 1.29 is 0 Å². The van der Waals surface area contributed by atoms with Crippen molar-refractivity contribution in [2.45, 2.75) is 26.3 Å². The molecule has 17 heavy (non-hydrogen) atoms. The second-order valence-corrected chi connectivity index (χ2v) is 7.55. The Kier molecular flexibility index (Phi) is 4.32. The largest absolute Gasteiger partial charge is 0.381 e. The molecule has 1 aliphatic heterocycles. The summed E-state index contributed by atoms with van der Waals surface area (Å²) in [6, 6.07) is 6.55. The van der Waals surface area contributed by atoms with Crippen LogP contribution in [0.5, 0.6) is 0 Å². The molecule has 1 aromatic carbocycles. The van der Waals surface area contributed by atoms with Crippen LogP contribution in [0.3, 0.4) is 0 Å². The maximum Gasteiger partial charge on any atom is 0.0549 e. The molecule has 0 bridgehead atoms. The first kappa shape index (κ1) is 13.6. The van der Waals surface area contributed by atoms with Crippen LogP contribution in [0.25, 0.3) is 0 Å². The van der Waals surface area contributed by atoms with Crippen LogP contribution < -0.4 is 5.32 Å². The van der Waals surface area contributed by atoms with Gasteiger partial charge in [-0.25, -0.2) is 0 Å². The van der Waals surface area contributed by atoms with E-state index in [-0.39, 0.29) is 0 Å². The molecule has 0 amide bonds. The summed E-state index contributed by atoms with van der Waals surface area (Å²) in [5.74, 6) is 2.45. The Morgan fingerprint density at radius 1 is 1.47 bits per heavy atom. The molecule has 1 nitrogen and oxygen atoms in total. The van der Waals surface area contributed by atoms with E-state index in [2.05, 4.69) is 41.2 Å². The predicted octanol–water partition coefficient (Wildman–Crippen LogP) is 5.05. The first-order valence-electron chi connectivity index (χ1n) is 5.78. The Bertz CT molecular complexity index is 408. The van der Waals surface area contributed by atoms with Crippen LogP contribution in [-0.2, 0) is 0 Å². The van der Waals surface area contributed by atoms with Crippen molar-refractivity contribution in [1.29, 1.82) is 0 Å². The van der Waals surface area contributed by atoms with Crippen LogP contribution in [0, 0.1) is 5.41 Å². The number of rotatable bonds is 2. The zero-order chi connectivity index (χ0) is 12.5. The van der Waals surface area contributed by atoms with Crippen molar-refractivity contribution in [1.82, 2.24) is 0 Å². The molecule has 0 spiro atoms. The maximum atomic E-state index is 6.00. The van der Waals surface area contributed by atoms with E-state index in [0.29, 0.717) is 11.5 Å². The van der Waals surface area contributed by atoms with Crippen molar-refractivity contribution in [3.63, 3.8) is 0 Å². The van der Waals surface area contributed by atoms with Crippen molar-refractivity contribution in [2.75, 3.05) is 16.8 Å². The van der Waals surface area contributed by atoms with E-state index in [1.54, 1.807) is 0 Å². The second kappa shape index (κ2) is 5.41. The molecule has 0 radical (unpaired) electrons. The summed E-state index contributed by atoms with van der Waals surface area (Å²) in [5, 5.41) is 4.39. The Balaban J connectivity index is 2.11. The molecule has 1 aliphatic rings. The minimum atomic E-state index is 0.358. The van der Waals surface area contributed by atoms with Gasteiger partial charge in [-0.15, -0.1) is 0 Å². The number of hydrogen-bond acceptors (Lipinski definition) is 2. The number of anilines is 1. The molecule has 1 heterocycles. The van der Waals surface area contributed by atoms with Crippen LogP contribution >= 0.6 is 39.3 Å². The van der Waals surface area contributed by atoms with Crippen LogP contribution in [0.15, 0.2) is 22.7 Å². The minimum Gasteiger partial charge on any atom is -0.381 e. The van der Waals surface area contributed by atoms with E-state index in [9.17, 15) is 0 Å². The average Bonchev–Trinajstić information content (AvgIpc) is 2.26. The van der Waals surface area contributed by atoms with E-state index in [4.69, 9.17) is 11.6 Å². The molecule has 2 rings (SSSR count). The number of benzene rings is 1. The van der Waals surface area contributed by atoms with Crippen molar-refractivity contribution in [3.05, 3.63) is 27.7 Å². The van der Waals surface area contributed by atoms with Crippen LogP contribution in [0.2, 0.25) is 5.02 Å². The first-order chi connectivity index (χ1) is 7.99. The summed E-state index contributed by atoms with van der Waals surface area (Å²) in [6.45, 7) is 4.69. The van der Waals surface area contributed by atoms with Crippen LogP contribution in [-0.4, -0.2) is 17.5 Å². The zero-order valence-electron chi connectivity index (χ0n) is 10.1. The molecule has 1 fully saturated rings. The molecule has 94 valence electrons. The monoisotopic (exact) mass is 333 g/mol. The highest BCUT2D eigenvalue weighted by molar-refractivity contribution is 9.10. The molecule has 1 aromatic rings. The SMILES string of the molecule is CC1(C)CCSCC1Nc1ccc(Cl)c(Br)c1. The van der Waals surface area contributed by atoms with Gasteiger partial charge in [0.15, 0.2) is 0 Å². The lowest BCUT2D eigenvalue weighted by molar-refractivity contribution is 0.305. The molecular formula is C13H17BrClNS. The van der Waals surface area contributed by atoms with Gasteiger partial charge in [0.2, 0.25) is 0 Å². The fourth-order valence-corrected chi connectivity index (χ4v) is 4.06. The second-order valence-electron chi connectivity index (χ2n) is 5.14. The Labute approximate surface area is 121 Å². The summed E-state index contributed by atoms with van der Waals surface area (Å²) in [6.07, 6.45) is 1.27.